The highest BCUT2D eigenvalue weighted by Gasteiger charge is 2.11. The zero-order chi connectivity index (χ0) is 16.4. The molecule has 0 fully saturated rings. The van der Waals surface area contributed by atoms with Crippen molar-refractivity contribution in [1.82, 2.24) is 4.98 Å². The molecule has 0 bridgehead atoms. The SMILES string of the molecule is O=[N+]([O-])c1cc(Cl)cc(/C=N\Nc2nc3ccccc3s2)c1[O-]. The lowest BCUT2D eigenvalue weighted by Gasteiger charge is -2.10. The number of nitrogens with zero attached hydrogens (tertiary/aromatic N) is 3. The third-order valence-electron chi connectivity index (χ3n) is 2.92. The molecule has 0 spiro atoms. The van der Waals surface area contributed by atoms with E-state index in [9.17, 15) is 15.2 Å². The first-order chi connectivity index (χ1) is 11.0. The van der Waals surface area contributed by atoms with Crippen LogP contribution in [0.5, 0.6) is 5.75 Å². The minimum atomic E-state index is -0.771. The van der Waals surface area contributed by atoms with Gasteiger partial charge in [0.05, 0.1) is 21.4 Å². The molecule has 116 valence electrons. The van der Waals surface area contributed by atoms with Gasteiger partial charge in [-0.1, -0.05) is 35.1 Å². The Morgan fingerprint density at radius 3 is 2.87 bits per heavy atom. The van der Waals surface area contributed by atoms with Crippen molar-refractivity contribution in [3.8, 4) is 5.75 Å². The minimum absolute atomic E-state index is 0.0258. The number of rotatable bonds is 4. The van der Waals surface area contributed by atoms with Crippen molar-refractivity contribution < 1.29 is 10.0 Å². The molecule has 1 N–H and O–H groups in total. The molecule has 0 saturated carbocycles. The van der Waals surface area contributed by atoms with Crippen LogP contribution >= 0.6 is 22.9 Å². The van der Waals surface area contributed by atoms with Crippen molar-refractivity contribution in [3.05, 3.63) is 57.1 Å². The molecule has 3 rings (SSSR count). The van der Waals surface area contributed by atoms with E-state index in [-0.39, 0.29) is 10.6 Å². The molecule has 23 heavy (non-hydrogen) atoms. The highest BCUT2D eigenvalue weighted by atomic mass is 35.5. The van der Waals surface area contributed by atoms with E-state index in [1.165, 1.54) is 23.6 Å². The molecule has 1 aromatic heterocycles. The van der Waals surface area contributed by atoms with Crippen LogP contribution in [0.4, 0.5) is 10.8 Å². The predicted molar refractivity (Wildman–Crippen MR) is 88.4 cm³/mol. The van der Waals surface area contributed by atoms with Gasteiger partial charge in [0, 0.05) is 11.1 Å². The summed E-state index contributed by atoms with van der Waals surface area (Å²) in [6, 6.07) is 9.92. The van der Waals surface area contributed by atoms with Crippen LogP contribution in [0.2, 0.25) is 5.02 Å². The number of nitro groups is 1. The van der Waals surface area contributed by atoms with Gasteiger partial charge in [0.2, 0.25) is 5.13 Å². The van der Waals surface area contributed by atoms with Gasteiger partial charge in [0.1, 0.15) is 0 Å². The number of anilines is 1. The Bertz CT molecular complexity index is 893. The molecule has 0 aliphatic heterocycles. The molecule has 0 unspecified atom stereocenters. The van der Waals surface area contributed by atoms with Crippen LogP contribution in [0.1, 0.15) is 5.56 Å². The largest absolute Gasteiger partial charge is 0.867 e. The fourth-order valence-electron chi connectivity index (χ4n) is 1.91. The highest BCUT2D eigenvalue weighted by Crippen LogP contribution is 2.30. The van der Waals surface area contributed by atoms with E-state index < -0.39 is 16.4 Å². The number of halogens is 1. The second-order valence-corrected chi connectivity index (χ2v) is 5.92. The number of para-hydroxylation sites is 1. The monoisotopic (exact) mass is 347 g/mol. The molecular formula is C14H8ClN4O3S-. The summed E-state index contributed by atoms with van der Waals surface area (Å²) >= 11 is 7.18. The maximum atomic E-state index is 11.9. The molecule has 1 heterocycles. The number of nitro benzene ring substituents is 1. The van der Waals surface area contributed by atoms with Crippen molar-refractivity contribution >= 4 is 50.2 Å². The topological polar surface area (TPSA) is 103 Å². The Morgan fingerprint density at radius 1 is 1.35 bits per heavy atom. The van der Waals surface area contributed by atoms with Crippen molar-refractivity contribution in [2.24, 2.45) is 5.10 Å². The second-order valence-electron chi connectivity index (χ2n) is 4.46. The predicted octanol–water partition coefficient (Wildman–Crippen LogP) is 3.38. The van der Waals surface area contributed by atoms with E-state index in [2.05, 4.69) is 15.5 Å². The number of hydrogen-bond acceptors (Lipinski definition) is 7. The number of benzene rings is 2. The van der Waals surface area contributed by atoms with Gasteiger partial charge >= 0.3 is 0 Å². The molecule has 0 atom stereocenters. The molecular weight excluding hydrogens is 340 g/mol. The van der Waals surface area contributed by atoms with Gasteiger partial charge in [-0.15, -0.1) is 0 Å². The molecule has 7 nitrogen and oxygen atoms in total. The Labute approximate surface area is 139 Å². The summed E-state index contributed by atoms with van der Waals surface area (Å²) in [5, 5.41) is 27.3. The van der Waals surface area contributed by atoms with E-state index in [0.717, 1.165) is 16.3 Å². The van der Waals surface area contributed by atoms with Gasteiger partial charge in [-0.3, -0.25) is 15.5 Å². The smallest absolute Gasteiger partial charge is 0.263 e. The number of aromatic nitrogens is 1. The molecule has 2 aromatic carbocycles. The molecule has 0 amide bonds. The van der Waals surface area contributed by atoms with Crippen LogP contribution in [-0.2, 0) is 0 Å². The maximum absolute atomic E-state index is 11.9. The molecule has 0 aliphatic carbocycles. The average Bonchev–Trinajstić information content (AvgIpc) is 2.92. The number of thiazole rings is 1. The standard InChI is InChI=1S/C14H9ClN4O3S/c15-9-5-8(13(20)11(6-9)19(21)22)7-16-18-14-17-10-3-1-2-4-12(10)23-14/h1-7,20H,(H,17,18)/p-1/b16-7-. The summed E-state index contributed by atoms with van der Waals surface area (Å²) in [7, 11) is 0. The first kappa shape index (κ1) is 15.2. The van der Waals surface area contributed by atoms with Gasteiger partial charge in [-0.2, -0.15) is 5.10 Å². The van der Waals surface area contributed by atoms with Crippen molar-refractivity contribution in [2.75, 3.05) is 5.43 Å². The lowest BCUT2D eigenvalue weighted by molar-refractivity contribution is -0.398. The lowest BCUT2D eigenvalue weighted by atomic mass is 10.2. The van der Waals surface area contributed by atoms with Gasteiger partial charge in [0.25, 0.3) is 5.69 Å². The Balaban J connectivity index is 1.84. The first-order valence-corrected chi connectivity index (χ1v) is 7.53. The number of hydrazone groups is 1. The number of hydrogen-bond donors (Lipinski definition) is 1. The van der Waals surface area contributed by atoms with Gasteiger partial charge in [0.15, 0.2) is 0 Å². The molecule has 0 aliphatic rings. The molecule has 0 saturated heterocycles. The maximum Gasteiger partial charge on any atom is 0.263 e. The highest BCUT2D eigenvalue weighted by molar-refractivity contribution is 7.22. The van der Waals surface area contributed by atoms with E-state index >= 15 is 0 Å². The lowest BCUT2D eigenvalue weighted by Crippen LogP contribution is -2.02. The number of nitrogens with one attached hydrogen (secondary N) is 1. The summed E-state index contributed by atoms with van der Waals surface area (Å²) < 4.78 is 0.994. The Hall–Kier alpha value is -2.71. The quantitative estimate of drug-likeness (QED) is 0.442. The van der Waals surface area contributed by atoms with E-state index in [1.807, 2.05) is 24.3 Å². The van der Waals surface area contributed by atoms with Crippen LogP contribution in [0, 0.1) is 10.1 Å². The van der Waals surface area contributed by atoms with E-state index in [0.29, 0.717) is 5.13 Å². The van der Waals surface area contributed by atoms with Crippen LogP contribution in [0.3, 0.4) is 0 Å². The van der Waals surface area contributed by atoms with Gasteiger partial charge in [-0.05, 0) is 29.5 Å². The summed E-state index contributed by atoms with van der Waals surface area (Å²) in [5.41, 5.74) is 2.98. The minimum Gasteiger partial charge on any atom is -0.867 e. The third kappa shape index (κ3) is 3.22. The third-order valence-corrected chi connectivity index (χ3v) is 4.08. The molecule has 0 radical (unpaired) electrons. The molecule has 9 heteroatoms. The van der Waals surface area contributed by atoms with Gasteiger partial charge in [-0.25, -0.2) is 4.98 Å². The Morgan fingerprint density at radius 2 is 2.13 bits per heavy atom. The van der Waals surface area contributed by atoms with Crippen molar-refractivity contribution in [1.29, 1.82) is 0 Å². The van der Waals surface area contributed by atoms with Crippen molar-refractivity contribution in [2.45, 2.75) is 0 Å². The van der Waals surface area contributed by atoms with Gasteiger partial charge < -0.3 is 5.11 Å². The normalized spacial score (nSPS) is 11.2. The summed E-state index contributed by atoms with van der Waals surface area (Å²) in [6.07, 6.45) is 1.19. The van der Waals surface area contributed by atoms with E-state index in [1.54, 1.807) is 0 Å². The second kappa shape index (κ2) is 6.19. The Kier molecular flexibility index (Phi) is 4.09. The number of fused-ring (bicyclic) bond motifs is 1. The van der Waals surface area contributed by atoms with Crippen LogP contribution in [0.25, 0.3) is 10.2 Å². The summed E-state index contributed by atoms with van der Waals surface area (Å²) in [6.45, 7) is 0. The van der Waals surface area contributed by atoms with Crippen molar-refractivity contribution in [3.63, 3.8) is 0 Å². The fraction of sp³-hybridized carbons (Fsp3) is 0. The zero-order valence-corrected chi connectivity index (χ0v) is 13.0. The van der Waals surface area contributed by atoms with Crippen LogP contribution in [0.15, 0.2) is 41.5 Å². The molecule has 3 aromatic rings. The first-order valence-electron chi connectivity index (χ1n) is 6.34. The van der Waals surface area contributed by atoms with Crippen LogP contribution < -0.4 is 10.5 Å². The average molecular weight is 348 g/mol. The fourth-order valence-corrected chi connectivity index (χ4v) is 2.94. The summed E-state index contributed by atoms with van der Waals surface area (Å²) in [4.78, 5) is 14.3. The van der Waals surface area contributed by atoms with E-state index in [4.69, 9.17) is 11.6 Å². The zero-order valence-electron chi connectivity index (χ0n) is 11.4. The summed E-state index contributed by atoms with van der Waals surface area (Å²) in [5.74, 6) is -0.741. The van der Waals surface area contributed by atoms with Crippen LogP contribution in [-0.4, -0.2) is 16.1 Å².